The molecule has 1 aromatic rings. The molecule has 2 rings (SSSR count). The molecule has 1 nitrogen and oxygen atoms in total. The molecular formula is C15H21F2N. The number of benzene rings is 1. The first kappa shape index (κ1) is 13.5. The van der Waals surface area contributed by atoms with Gasteiger partial charge >= 0.3 is 0 Å². The van der Waals surface area contributed by atoms with Gasteiger partial charge in [0.15, 0.2) is 0 Å². The highest BCUT2D eigenvalue weighted by molar-refractivity contribution is 5.38. The van der Waals surface area contributed by atoms with Gasteiger partial charge in [-0.3, -0.25) is 0 Å². The molecule has 0 unspecified atom stereocenters. The summed E-state index contributed by atoms with van der Waals surface area (Å²) < 4.78 is 28.2. The van der Waals surface area contributed by atoms with Crippen LogP contribution < -0.4 is 5.73 Å². The predicted octanol–water partition coefficient (Wildman–Crippen LogP) is 4.15. The zero-order chi connectivity index (χ0) is 13.4. The Morgan fingerprint density at radius 2 is 1.78 bits per heavy atom. The summed E-state index contributed by atoms with van der Waals surface area (Å²) in [6, 6.07) is 4.72. The van der Waals surface area contributed by atoms with E-state index >= 15 is 0 Å². The highest BCUT2D eigenvalue weighted by Crippen LogP contribution is 2.41. The van der Waals surface area contributed by atoms with Crippen molar-refractivity contribution in [3.63, 3.8) is 0 Å². The van der Waals surface area contributed by atoms with Crippen LogP contribution in [0.2, 0.25) is 0 Å². The molecule has 0 atom stereocenters. The number of alkyl halides is 1. The summed E-state index contributed by atoms with van der Waals surface area (Å²) in [6.45, 7) is 2.78. The zero-order valence-corrected chi connectivity index (χ0v) is 11.1. The Morgan fingerprint density at radius 3 is 2.33 bits per heavy atom. The monoisotopic (exact) mass is 253 g/mol. The minimum absolute atomic E-state index is 0.134. The van der Waals surface area contributed by atoms with Crippen LogP contribution in [0.1, 0.15) is 57.1 Å². The fourth-order valence-electron chi connectivity index (χ4n) is 3.00. The van der Waals surface area contributed by atoms with Crippen molar-refractivity contribution < 1.29 is 8.78 Å². The van der Waals surface area contributed by atoms with Crippen molar-refractivity contribution in [3.05, 3.63) is 35.1 Å². The highest BCUT2D eigenvalue weighted by atomic mass is 19.1. The average molecular weight is 253 g/mol. The molecule has 3 heteroatoms. The molecule has 100 valence electrons. The maximum absolute atomic E-state index is 14.3. The van der Waals surface area contributed by atoms with Crippen molar-refractivity contribution >= 4 is 0 Å². The van der Waals surface area contributed by atoms with Crippen molar-refractivity contribution in [3.8, 4) is 0 Å². The van der Waals surface area contributed by atoms with Gasteiger partial charge in [0.05, 0.1) is 0 Å². The fourth-order valence-corrected chi connectivity index (χ4v) is 3.00. The molecule has 0 spiro atoms. The Labute approximate surface area is 107 Å². The molecule has 18 heavy (non-hydrogen) atoms. The second-order valence-corrected chi connectivity index (χ2v) is 5.85. The lowest BCUT2D eigenvalue weighted by molar-refractivity contribution is 0.202. The Hall–Kier alpha value is -0.960. The Bertz CT molecular complexity index is 429. The Balaban J connectivity index is 2.53. The maximum atomic E-state index is 14.3. The van der Waals surface area contributed by atoms with Crippen LogP contribution in [0.5, 0.6) is 0 Å². The quantitative estimate of drug-likeness (QED) is 0.842. The third-order valence-electron chi connectivity index (χ3n) is 3.89. The number of halogens is 2. The van der Waals surface area contributed by atoms with Crippen molar-refractivity contribution in [1.82, 2.24) is 0 Å². The van der Waals surface area contributed by atoms with Crippen LogP contribution >= 0.6 is 0 Å². The van der Waals surface area contributed by atoms with E-state index in [0.29, 0.717) is 5.56 Å². The molecule has 1 aromatic carbocycles. The van der Waals surface area contributed by atoms with Crippen LogP contribution in [-0.2, 0) is 11.2 Å². The van der Waals surface area contributed by atoms with Gasteiger partial charge in [-0.1, -0.05) is 31.4 Å². The Kier molecular flexibility index (Phi) is 3.45. The first-order valence-corrected chi connectivity index (χ1v) is 6.62. The average Bonchev–Trinajstić information content (AvgIpc) is 2.28. The van der Waals surface area contributed by atoms with E-state index in [1.54, 1.807) is 12.1 Å². The van der Waals surface area contributed by atoms with E-state index in [4.69, 9.17) is 5.73 Å². The number of rotatable bonds is 2. The van der Waals surface area contributed by atoms with Crippen LogP contribution in [-0.4, -0.2) is 0 Å². The molecule has 0 heterocycles. The van der Waals surface area contributed by atoms with Gasteiger partial charge in [-0.25, -0.2) is 8.78 Å². The van der Waals surface area contributed by atoms with Gasteiger partial charge in [-0.05, 0) is 38.3 Å². The summed E-state index contributed by atoms with van der Waals surface area (Å²) >= 11 is 0. The normalized spacial score (nSPS) is 19.8. The molecule has 2 N–H and O–H groups in total. The van der Waals surface area contributed by atoms with E-state index in [9.17, 15) is 8.78 Å². The minimum atomic E-state index is -1.70. The van der Waals surface area contributed by atoms with E-state index in [2.05, 4.69) is 0 Å². The SMILES string of the molecule is CC(C)(F)c1c(F)cccc1C1(N)CCCCC1. The molecule has 1 saturated carbocycles. The lowest BCUT2D eigenvalue weighted by Crippen LogP contribution is -2.41. The van der Waals surface area contributed by atoms with Gasteiger partial charge in [0.2, 0.25) is 0 Å². The molecule has 1 fully saturated rings. The van der Waals surface area contributed by atoms with Gasteiger partial charge in [-0.15, -0.1) is 0 Å². The summed E-state index contributed by atoms with van der Waals surface area (Å²) in [5.74, 6) is -0.490. The second kappa shape index (κ2) is 4.61. The standard InChI is InChI=1S/C15H21F2N/c1-14(2,17)13-11(7-6-8-12(13)16)15(18)9-4-3-5-10-15/h6-8H,3-5,9-10,18H2,1-2H3. The van der Waals surface area contributed by atoms with Crippen LogP contribution in [0, 0.1) is 5.82 Å². The van der Waals surface area contributed by atoms with Crippen LogP contribution in [0.4, 0.5) is 8.78 Å². The minimum Gasteiger partial charge on any atom is -0.321 e. The van der Waals surface area contributed by atoms with Crippen molar-refractivity contribution in [2.75, 3.05) is 0 Å². The largest absolute Gasteiger partial charge is 0.321 e. The fraction of sp³-hybridized carbons (Fsp3) is 0.600. The van der Waals surface area contributed by atoms with Crippen molar-refractivity contribution in [2.45, 2.75) is 57.2 Å². The molecule has 0 saturated heterocycles. The van der Waals surface area contributed by atoms with Gasteiger partial charge in [0.25, 0.3) is 0 Å². The summed E-state index contributed by atoms with van der Waals surface area (Å²) in [5.41, 5.74) is 4.92. The van der Waals surface area contributed by atoms with E-state index in [-0.39, 0.29) is 5.56 Å². The third kappa shape index (κ3) is 2.41. The third-order valence-corrected chi connectivity index (χ3v) is 3.89. The molecule has 0 bridgehead atoms. The van der Waals surface area contributed by atoms with Crippen molar-refractivity contribution in [2.24, 2.45) is 5.73 Å². The first-order valence-electron chi connectivity index (χ1n) is 6.62. The lowest BCUT2D eigenvalue weighted by Gasteiger charge is -2.37. The summed E-state index contributed by atoms with van der Waals surface area (Å²) in [6.07, 6.45) is 4.82. The number of hydrogen-bond acceptors (Lipinski definition) is 1. The molecule has 0 radical (unpaired) electrons. The molecular weight excluding hydrogens is 232 g/mol. The van der Waals surface area contributed by atoms with Gasteiger partial charge in [0, 0.05) is 11.1 Å². The lowest BCUT2D eigenvalue weighted by atomic mass is 9.74. The van der Waals surface area contributed by atoms with E-state index in [0.717, 1.165) is 32.1 Å². The molecule has 0 aliphatic heterocycles. The van der Waals surface area contributed by atoms with Gasteiger partial charge in [0.1, 0.15) is 11.5 Å². The molecule has 1 aliphatic rings. The highest BCUT2D eigenvalue weighted by Gasteiger charge is 2.37. The molecule has 0 aromatic heterocycles. The van der Waals surface area contributed by atoms with Crippen LogP contribution in [0.3, 0.4) is 0 Å². The molecule has 0 amide bonds. The summed E-state index contributed by atoms with van der Waals surface area (Å²) in [7, 11) is 0. The predicted molar refractivity (Wildman–Crippen MR) is 69.5 cm³/mol. The Morgan fingerprint density at radius 1 is 1.17 bits per heavy atom. The number of nitrogens with two attached hydrogens (primary N) is 1. The van der Waals surface area contributed by atoms with Gasteiger partial charge in [-0.2, -0.15) is 0 Å². The molecule has 1 aliphatic carbocycles. The number of hydrogen-bond donors (Lipinski definition) is 1. The maximum Gasteiger partial charge on any atom is 0.133 e. The van der Waals surface area contributed by atoms with E-state index in [1.807, 2.05) is 0 Å². The first-order chi connectivity index (χ1) is 8.34. The topological polar surface area (TPSA) is 26.0 Å². The van der Waals surface area contributed by atoms with Crippen LogP contribution in [0.15, 0.2) is 18.2 Å². The smallest absolute Gasteiger partial charge is 0.133 e. The van der Waals surface area contributed by atoms with Gasteiger partial charge < -0.3 is 5.73 Å². The van der Waals surface area contributed by atoms with Crippen LogP contribution in [0.25, 0.3) is 0 Å². The van der Waals surface area contributed by atoms with E-state index in [1.165, 1.54) is 19.9 Å². The second-order valence-electron chi connectivity index (χ2n) is 5.85. The summed E-state index contributed by atoms with van der Waals surface area (Å²) in [4.78, 5) is 0. The summed E-state index contributed by atoms with van der Waals surface area (Å²) in [5, 5.41) is 0. The van der Waals surface area contributed by atoms with Crippen molar-refractivity contribution in [1.29, 1.82) is 0 Å². The zero-order valence-electron chi connectivity index (χ0n) is 11.1. The van der Waals surface area contributed by atoms with E-state index < -0.39 is 17.0 Å².